The molecule has 1 N–H and O–H groups in total. The third kappa shape index (κ3) is 3.56. The number of rotatable bonds is 3. The number of aliphatic imine (C=N–C) groups is 1. The van der Waals surface area contributed by atoms with Crippen LogP contribution in [0.4, 0.5) is 5.69 Å². The third-order valence-electron chi connectivity index (χ3n) is 3.60. The van der Waals surface area contributed by atoms with E-state index in [1.165, 1.54) is 11.8 Å². The summed E-state index contributed by atoms with van der Waals surface area (Å²) < 4.78 is 5.82. The number of furan rings is 1. The maximum atomic E-state index is 12.1. The fraction of sp³-hybridized carbons (Fsp3) is 0. The number of hydrogen-bond acceptors (Lipinski definition) is 4. The first-order chi connectivity index (χ1) is 12.3. The summed E-state index contributed by atoms with van der Waals surface area (Å²) in [4.78, 5) is 17.1. The maximum Gasteiger partial charge on any atom is 0.264 e. The summed E-state index contributed by atoms with van der Waals surface area (Å²) in [7, 11) is 0. The summed E-state index contributed by atoms with van der Waals surface area (Å²) in [6.07, 6.45) is 1.74. The zero-order valence-electron chi connectivity index (χ0n) is 13.2. The monoisotopic (exact) mass is 346 g/mol. The standard InChI is InChI=1S/C20H14N2O2S/c23-19-18(25-20(22-19)21-15-9-5-2-6-10-15)13-16-11-12-17(24-16)14-7-3-1-4-8-14/h1-13H,(H,21,22,23). The summed E-state index contributed by atoms with van der Waals surface area (Å²) in [6.45, 7) is 0. The number of para-hydroxylation sites is 1. The van der Waals surface area contributed by atoms with E-state index in [9.17, 15) is 4.79 Å². The van der Waals surface area contributed by atoms with Crippen LogP contribution in [0.1, 0.15) is 5.76 Å². The second-order valence-electron chi connectivity index (χ2n) is 5.39. The molecule has 2 heterocycles. The average molecular weight is 346 g/mol. The molecule has 4 rings (SSSR count). The molecular formula is C20H14N2O2S. The lowest BCUT2D eigenvalue weighted by atomic mass is 10.2. The van der Waals surface area contributed by atoms with Gasteiger partial charge in [-0.2, -0.15) is 0 Å². The van der Waals surface area contributed by atoms with Crippen LogP contribution in [0.3, 0.4) is 0 Å². The van der Waals surface area contributed by atoms with Gasteiger partial charge < -0.3 is 9.73 Å². The molecule has 0 saturated carbocycles. The summed E-state index contributed by atoms with van der Waals surface area (Å²) in [5, 5.41) is 3.34. The van der Waals surface area contributed by atoms with Crippen LogP contribution in [-0.2, 0) is 4.79 Å². The van der Waals surface area contributed by atoms with Gasteiger partial charge in [-0.3, -0.25) is 4.79 Å². The minimum Gasteiger partial charge on any atom is -0.457 e. The lowest BCUT2D eigenvalue weighted by Gasteiger charge is -1.95. The molecule has 0 unspecified atom stereocenters. The zero-order chi connectivity index (χ0) is 17.1. The minimum absolute atomic E-state index is 0.169. The van der Waals surface area contributed by atoms with Crippen molar-refractivity contribution in [2.45, 2.75) is 0 Å². The van der Waals surface area contributed by atoms with Crippen LogP contribution in [0.2, 0.25) is 0 Å². The second-order valence-corrected chi connectivity index (χ2v) is 6.42. The molecule has 1 amide bonds. The SMILES string of the molecule is O=C1NC(=Nc2ccccc2)SC1=Cc1ccc(-c2ccccc2)o1. The topological polar surface area (TPSA) is 54.6 Å². The van der Waals surface area contributed by atoms with E-state index in [0.717, 1.165) is 17.0 Å². The number of nitrogens with one attached hydrogen (secondary N) is 1. The van der Waals surface area contributed by atoms with E-state index >= 15 is 0 Å². The number of nitrogens with zero attached hydrogens (tertiary/aromatic N) is 1. The summed E-state index contributed by atoms with van der Waals surface area (Å²) >= 11 is 1.30. The average Bonchev–Trinajstić information content (AvgIpc) is 3.24. The predicted octanol–water partition coefficient (Wildman–Crippen LogP) is 4.84. The summed E-state index contributed by atoms with van der Waals surface area (Å²) in [5.41, 5.74) is 1.80. The van der Waals surface area contributed by atoms with Crippen molar-refractivity contribution in [3.8, 4) is 11.3 Å². The largest absolute Gasteiger partial charge is 0.457 e. The van der Waals surface area contributed by atoms with Gasteiger partial charge in [-0.15, -0.1) is 0 Å². The normalized spacial score (nSPS) is 17.2. The first kappa shape index (κ1) is 15.5. The number of hydrogen-bond donors (Lipinski definition) is 1. The lowest BCUT2D eigenvalue weighted by Crippen LogP contribution is -2.19. The Balaban J connectivity index is 1.55. The highest BCUT2D eigenvalue weighted by atomic mass is 32.2. The van der Waals surface area contributed by atoms with Gasteiger partial charge in [0.25, 0.3) is 5.91 Å². The van der Waals surface area contributed by atoms with E-state index in [-0.39, 0.29) is 5.91 Å². The van der Waals surface area contributed by atoms with Crippen LogP contribution in [0, 0.1) is 0 Å². The number of amides is 1. The van der Waals surface area contributed by atoms with E-state index in [1.54, 1.807) is 6.08 Å². The zero-order valence-corrected chi connectivity index (χ0v) is 14.0. The fourth-order valence-corrected chi connectivity index (χ4v) is 3.24. The van der Waals surface area contributed by atoms with Crippen LogP contribution < -0.4 is 5.32 Å². The molecule has 0 bridgehead atoms. The molecule has 5 heteroatoms. The fourth-order valence-electron chi connectivity index (χ4n) is 2.42. The Hall–Kier alpha value is -3.05. The van der Waals surface area contributed by atoms with Crippen molar-refractivity contribution >= 4 is 34.6 Å². The van der Waals surface area contributed by atoms with Crippen LogP contribution >= 0.6 is 11.8 Å². The lowest BCUT2D eigenvalue weighted by molar-refractivity contribution is -0.115. The molecule has 1 aliphatic heterocycles. The van der Waals surface area contributed by atoms with Crippen molar-refractivity contribution in [1.82, 2.24) is 5.32 Å². The third-order valence-corrected chi connectivity index (χ3v) is 4.51. The van der Waals surface area contributed by atoms with Gasteiger partial charge in [-0.1, -0.05) is 48.5 Å². The molecule has 2 aromatic carbocycles. The first-order valence-corrected chi connectivity index (χ1v) is 8.59. The van der Waals surface area contributed by atoms with E-state index in [0.29, 0.717) is 15.8 Å². The van der Waals surface area contributed by atoms with E-state index in [4.69, 9.17) is 4.42 Å². The number of carbonyl (C=O) groups excluding carboxylic acids is 1. The molecule has 1 aromatic heterocycles. The Morgan fingerprint density at radius 2 is 1.64 bits per heavy atom. The second kappa shape index (κ2) is 6.83. The van der Waals surface area contributed by atoms with Gasteiger partial charge in [0, 0.05) is 11.6 Å². The molecule has 0 spiro atoms. The van der Waals surface area contributed by atoms with Crippen molar-refractivity contribution in [1.29, 1.82) is 0 Å². The van der Waals surface area contributed by atoms with E-state index in [2.05, 4.69) is 10.3 Å². The van der Waals surface area contributed by atoms with Gasteiger partial charge in [0.05, 0.1) is 10.6 Å². The van der Waals surface area contributed by atoms with Gasteiger partial charge in [0.1, 0.15) is 11.5 Å². The Labute approximate surface area is 149 Å². The molecule has 0 atom stereocenters. The van der Waals surface area contributed by atoms with Crippen molar-refractivity contribution in [3.63, 3.8) is 0 Å². The van der Waals surface area contributed by atoms with Gasteiger partial charge in [-0.05, 0) is 36.0 Å². The molecule has 1 aliphatic rings. The van der Waals surface area contributed by atoms with Crippen molar-refractivity contribution < 1.29 is 9.21 Å². The molecular weight excluding hydrogens is 332 g/mol. The molecule has 1 fully saturated rings. The minimum atomic E-state index is -0.169. The Kier molecular flexibility index (Phi) is 4.23. The molecule has 3 aromatic rings. The maximum absolute atomic E-state index is 12.1. The van der Waals surface area contributed by atoms with Crippen LogP contribution in [0.15, 0.2) is 87.1 Å². The van der Waals surface area contributed by atoms with Crippen molar-refractivity contribution in [2.75, 3.05) is 0 Å². The molecule has 0 aliphatic carbocycles. The van der Waals surface area contributed by atoms with Crippen molar-refractivity contribution in [2.24, 2.45) is 4.99 Å². The quantitative estimate of drug-likeness (QED) is 0.691. The number of thioether (sulfide) groups is 1. The molecule has 4 nitrogen and oxygen atoms in total. The number of amidine groups is 1. The number of carbonyl (C=O) groups is 1. The van der Waals surface area contributed by atoms with Gasteiger partial charge in [0.2, 0.25) is 0 Å². The Bertz CT molecular complexity index is 960. The Morgan fingerprint density at radius 1 is 0.920 bits per heavy atom. The Morgan fingerprint density at radius 3 is 2.40 bits per heavy atom. The van der Waals surface area contributed by atoms with Crippen LogP contribution in [0.25, 0.3) is 17.4 Å². The van der Waals surface area contributed by atoms with Gasteiger partial charge in [0.15, 0.2) is 5.17 Å². The van der Waals surface area contributed by atoms with Gasteiger partial charge in [-0.25, -0.2) is 4.99 Å². The van der Waals surface area contributed by atoms with E-state index < -0.39 is 0 Å². The predicted molar refractivity (Wildman–Crippen MR) is 101 cm³/mol. The van der Waals surface area contributed by atoms with E-state index in [1.807, 2.05) is 72.8 Å². The molecule has 122 valence electrons. The highest BCUT2D eigenvalue weighted by Gasteiger charge is 2.24. The molecule has 25 heavy (non-hydrogen) atoms. The first-order valence-electron chi connectivity index (χ1n) is 7.78. The van der Waals surface area contributed by atoms with Crippen LogP contribution in [0.5, 0.6) is 0 Å². The summed E-state index contributed by atoms with van der Waals surface area (Å²) in [6, 6.07) is 23.1. The summed E-state index contributed by atoms with van der Waals surface area (Å²) in [5.74, 6) is 1.24. The smallest absolute Gasteiger partial charge is 0.264 e. The van der Waals surface area contributed by atoms with Gasteiger partial charge >= 0.3 is 0 Å². The number of benzene rings is 2. The highest BCUT2D eigenvalue weighted by molar-refractivity contribution is 8.18. The molecule has 0 radical (unpaired) electrons. The molecule has 1 saturated heterocycles. The highest BCUT2D eigenvalue weighted by Crippen LogP contribution is 2.29. The van der Waals surface area contributed by atoms with Crippen molar-refractivity contribution in [3.05, 3.63) is 83.5 Å². The van der Waals surface area contributed by atoms with Crippen LogP contribution in [-0.4, -0.2) is 11.1 Å².